The first kappa shape index (κ1) is 16.4. The fourth-order valence-corrected chi connectivity index (χ4v) is 3.07. The molecule has 24 heavy (non-hydrogen) atoms. The van der Waals surface area contributed by atoms with E-state index in [1.165, 1.54) is 0 Å². The maximum absolute atomic E-state index is 13.3. The maximum Gasteiger partial charge on any atom is 0.416 e. The van der Waals surface area contributed by atoms with Gasteiger partial charge < -0.3 is 0 Å². The first-order chi connectivity index (χ1) is 11.3. The lowest BCUT2D eigenvalue weighted by Gasteiger charge is -2.22. The predicted molar refractivity (Wildman–Crippen MR) is 83.5 cm³/mol. The van der Waals surface area contributed by atoms with Crippen LogP contribution in [-0.2, 0) is 15.8 Å². The molecular weight excluding hydrogens is 317 g/mol. The molecule has 3 rings (SSSR count). The van der Waals surface area contributed by atoms with Gasteiger partial charge in [-0.25, -0.2) is 0 Å². The van der Waals surface area contributed by atoms with Crippen LogP contribution in [0.1, 0.15) is 36.3 Å². The summed E-state index contributed by atoms with van der Waals surface area (Å²) >= 11 is 0. The number of alkyl halides is 3. The summed E-state index contributed by atoms with van der Waals surface area (Å²) in [7, 11) is 0. The third-order valence-corrected chi connectivity index (χ3v) is 4.20. The highest BCUT2D eigenvalue weighted by Gasteiger charge is 2.33. The van der Waals surface area contributed by atoms with E-state index in [1.54, 1.807) is 36.4 Å². The molecule has 0 aromatic heterocycles. The molecule has 0 N–H and O–H groups in total. The van der Waals surface area contributed by atoms with Crippen molar-refractivity contribution < 1.29 is 22.8 Å². The van der Waals surface area contributed by atoms with Crippen molar-refractivity contribution in [2.75, 3.05) is 0 Å². The summed E-state index contributed by atoms with van der Waals surface area (Å²) in [6.45, 7) is 0. The quantitative estimate of drug-likeness (QED) is 0.742. The number of carbonyl (C=O) groups is 2. The van der Waals surface area contributed by atoms with Crippen molar-refractivity contribution >= 4 is 11.6 Å². The molecule has 124 valence electrons. The zero-order chi connectivity index (χ0) is 17.3. The Labute approximate surface area is 137 Å². The Morgan fingerprint density at radius 2 is 1.46 bits per heavy atom. The second kappa shape index (κ2) is 6.23. The zero-order valence-electron chi connectivity index (χ0n) is 12.8. The fraction of sp³-hybridized carbons (Fsp3) is 0.263. The van der Waals surface area contributed by atoms with Crippen LogP contribution in [0.3, 0.4) is 0 Å². The van der Waals surface area contributed by atoms with E-state index in [2.05, 4.69) is 0 Å². The Kier molecular flexibility index (Phi) is 4.26. The molecule has 0 heterocycles. The molecule has 1 saturated carbocycles. The van der Waals surface area contributed by atoms with E-state index in [1.807, 2.05) is 0 Å². The van der Waals surface area contributed by atoms with Gasteiger partial charge in [-0.1, -0.05) is 36.4 Å². The molecule has 2 aromatic carbocycles. The van der Waals surface area contributed by atoms with Crippen LogP contribution in [0.4, 0.5) is 13.2 Å². The molecule has 0 bridgehead atoms. The average molecular weight is 332 g/mol. The molecule has 0 saturated heterocycles. The Morgan fingerprint density at radius 1 is 0.833 bits per heavy atom. The van der Waals surface area contributed by atoms with Crippen molar-refractivity contribution in [3.05, 3.63) is 59.7 Å². The Bertz CT molecular complexity index is 763. The van der Waals surface area contributed by atoms with Gasteiger partial charge in [-0.05, 0) is 34.7 Å². The Balaban J connectivity index is 2.08. The molecular formula is C19H15F3O2. The summed E-state index contributed by atoms with van der Waals surface area (Å²) in [6.07, 6.45) is -4.37. The van der Waals surface area contributed by atoms with Crippen molar-refractivity contribution in [3.8, 4) is 11.1 Å². The van der Waals surface area contributed by atoms with Crippen molar-refractivity contribution in [1.82, 2.24) is 0 Å². The topological polar surface area (TPSA) is 34.1 Å². The molecule has 2 nitrogen and oxygen atoms in total. The van der Waals surface area contributed by atoms with Crippen LogP contribution in [-0.4, -0.2) is 11.6 Å². The standard InChI is InChI=1S/C19H15F3O2/c20-19(21,22)16-7-13(12-4-2-1-3-5-12)6-14(8-16)15-9-17(23)11-18(24)10-15/h1-8,15H,9-11H2. The van der Waals surface area contributed by atoms with E-state index >= 15 is 0 Å². The van der Waals surface area contributed by atoms with Gasteiger partial charge in [0.05, 0.1) is 12.0 Å². The zero-order valence-corrected chi connectivity index (χ0v) is 12.8. The van der Waals surface area contributed by atoms with Gasteiger partial charge >= 0.3 is 6.18 Å². The minimum atomic E-state index is -4.48. The normalized spacial score (nSPS) is 16.5. The Hall–Kier alpha value is -2.43. The molecule has 0 spiro atoms. The van der Waals surface area contributed by atoms with Crippen molar-refractivity contribution in [2.45, 2.75) is 31.4 Å². The SMILES string of the molecule is O=C1CC(=O)CC(c2cc(-c3ccccc3)cc(C(F)(F)F)c2)C1. The van der Waals surface area contributed by atoms with Gasteiger partial charge in [0.15, 0.2) is 0 Å². The summed E-state index contributed by atoms with van der Waals surface area (Å²) in [4.78, 5) is 23.3. The largest absolute Gasteiger partial charge is 0.416 e. The first-order valence-corrected chi connectivity index (χ1v) is 7.64. The highest BCUT2D eigenvalue weighted by atomic mass is 19.4. The summed E-state index contributed by atoms with van der Waals surface area (Å²) in [5, 5.41) is 0. The minimum Gasteiger partial charge on any atom is -0.299 e. The number of Topliss-reactive ketones (excluding diaryl/α,β-unsaturated/α-hetero) is 2. The minimum absolute atomic E-state index is 0.110. The highest BCUT2D eigenvalue weighted by Crippen LogP contribution is 2.38. The third kappa shape index (κ3) is 3.55. The highest BCUT2D eigenvalue weighted by molar-refractivity contribution is 6.02. The maximum atomic E-state index is 13.3. The lowest BCUT2D eigenvalue weighted by molar-refractivity contribution is -0.137. The monoisotopic (exact) mass is 332 g/mol. The number of hydrogen-bond donors (Lipinski definition) is 0. The van der Waals surface area contributed by atoms with E-state index in [9.17, 15) is 22.8 Å². The van der Waals surface area contributed by atoms with Gasteiger partial charge in [0.1, 0.15) is 11.6 Å². The Morgan fingerprint density at radius 3 is 2.04 bits per heavy atom. The van der Waals surface area contributed by atoms with E-state index in [0.717, 1.165) is 12.1 Å². The van der Waals surface area contributed by atoms with Crippen LogP contribution in [0.15, 0.2) is 48.5 Å². The van der Waals surface area contributed by atoms with Crippen LogP contribution in [0, 0.1) is 0 Å². The molecule has 0 radical (unpaired) electrons. The smallest absolute Gasteiger partial charge is 0.299 e. The predicted octanol–water partition coefficient (Wildman–Crippen LogP) is 4.78. The summed E-state index contributed by atoms with van der Waals surface area (Å²) < 4.78 is 39.8. The number of ketones is 2. The van der Waals surface area contributed by atoms with Crippen LogP contribution in [0.2, 0.25) is 0 Å². The van der Waals surface area contributed by atoms with Crippen molar-refractivity contribution in [1.29, 1.82) is 0 Å². The number of carbonyl (C=O) groups excluding carboxylic acids is 2. The van der Waals surface area contributed by atoms with E-state index in [4.69, 9.17) is 0 Å². The first-order valence-electron chi connectivity index (χ1n) is 7.64. The van der Waals surface area contributed by atoms with Crippen LogP contribution in [0.5, 0.6) is 0 Å². The summed E-state index contributed by atoms with van der Waals surface area (Å²) in [5.74, 6) is -0.909. The van der Waals surface area contributed by atoms with Gasteiger partial charge in [0, 0.05) is 12.8 Å². The van der Waals surface area contributed by atoms with E-state index < -0.39 is 17.7 Å². The van der Waals surface area contributed by atoms with Gasteiger partial charge in [0.2, 0.25) is 0 Å². The molecule has 0 amide bonds. The van der Waals surface area contributed by atoms with Gasteiger partial charge in [-0.15, -0.1) is 0 Å². The van der Waals surface area contributed by atoms with Crippen LogP contribution >= 0.6 is 0 Å². The molecule has 1 aliphatic rings. The lowest BCUT2D eigenvalue weighted by Crippen LogP contribution is -2.21. The molecule has 0 unspecified atom stereocenters. The molecule has 5 heteroatoms. The number of halogens is 3. The number of rotatable bonds is 2. The average Bonchev–Trinajstić information content (AvgIpc) is 2.53. The van der Waals surface area contributed by atoms with E-state index in [-0.39, 0.29) is 30.8 Å². The van der Waals surface area contributed by atoms with Crippen LogP contribution < -0.4 is 0 Å². The van der Waals surface area contributed by atoms with E-state index in [0.29, 0.717) is 16.7 Å². The van der Waals surface area contributed by atoms with Crippen molar-refractivity contribution in [2.24, 2.45) is 0 Å². The summed E-state index contributed by atoms with van der Waals surface area (Å²) in [5.41, 5.74) is 0.735. The van der Waals surface area contributed by atoms with Gasteiger partial charge in [-0.2, -0.15) is 13.2 Å². The number of hydrogen-bond acceptors (Lipinski definition) is 2. The molecule has 1 aliphatic carbocycles. The van der Waals surface area contributed by atoms with Gasteiger partial charge in [0.25, 0.3) is 0 Å². The second-order valence-electron chi connectivity index (χ2n) is 6.07. The fourth-order valence-electron chi connectivity index (χ4n) is 3.07. The molecule has 2 aromatic rings. The molecule has 0 aliphatic heterocycles. The van der Waals surface area contributed by atoms with Crippen LogP contribution in [0.25, 0.3) is 11.1 Å². The second-order valence-corrected chi connectivity index (χ2v) is 6.07. The third-order valence-electron chi connectivity index (χ3n) is 4.20. The van der Waals surface area contributed by atoms with Crippen molar-refractivity contribution in [3.63, 3.8) is 0 Å². The summed E-state index contributed by atoms with van der Waals surface area (Å²) in [6, 6.07) is 12.6. The van der Waals surface area contributed by atoms with Gasteiger partial charge in [-0.3, -0.25) is 9.59 Å². The molecule has 0 atom stereocenters. The molecule has 1 fully saturated rings. The number of benzene rings is 2. The lowest BCUT2D eigenvalue weighted by atomic mass is 9.81.